The van der Waals surface area contributed by atoms with Crippen molar-refractivity contribution in [2.75, 3.05) is 19.7 Å². The van der Waals surface area contributed by atoms with Crippen LogP contribution < -0.4 is 5.32 Å². The van der Waals surface area contributed by atoms with Gasteiger partial charge in [0.15, 0.2) is 0 Å². The fraction of sp³-hybridized carbons (Fsp3) is 0.455. The molecule has 1 aromatic heterocycles. The first-order valence-corrected chi connectivity index (χ1v) is 12.2. The number of hydrogen-bond acceptors (Lipinski definition) is 5. The summed E-state index contributed by atoms with van der Waals surface area (Å²) in [5.41, 5.74) is 1.33. The third-order valence-electron chi connectivity index (χ3n) is 5.11. The highest BCUT2D eigenvalue weighted by molar-refractivity contribution is 7.90. The fourth-order valence-electron chi connectivity index (χ4n) is 3.66. The van der Waals surface area contributed by atoms with Crippen LogP contribution in [0.1, 0.15) is 31.0 Å². The summed E-state index contributed by atoms with van der Waals surface area (Å²) in [6, 6.07) is 8.80. The van der Waals surface area contributed by atoms with E-state index in [1.54, 1.807) is 27.7 Å². The summed E-state index contributed by atoms with van der Waals surface area (Å²) in [7, 11) is -3.67. The summed E-state index contributed by atoms with van der Waals surface area (Å²) in [5, 5.41) is 2.81. The van der Waals surface area contributed by atoms with Crippen LogP contribution in [0.15, 0.2) is 54.3 Å². The zero-order valence-electron chi connectivity index (χ0n) is 17.9. The summed E-state index contributed by atoms with van der Waals surface area (Å²) in [5.74, 6) is -0.141. The topological polar surface area (TPSA) is 93.5 Å². The molecule has 1 atom stereocenters. The van der Waals surface area contributed by atoms with Crippen LogP contribution in [0.4, 0.5) is 4.79 Å². The highest BCUT2D eigenvalue weighted by Gasteiger charge is 2.27. The number of ether oxygens (including phenoxy) is 1. The van der Waals surface area contributed by atoms with Gasteiger partial charge < -0.3 is 19.5 Å². The minimum atomic E-state index is -3.67. The molecule has 1 N–H and O–H groups in total. The number of rotatable bonds is 10. The Kier molecular flexibility index (Phi) is 7.86. The lowest BCUT2D eigenvalue weighted by molar-refractivity contribution is 0.0790. The van der Waals surface area contributed by atoms with Crippen LogP contribution in [0, 0.1) is 0 Å². The summed E-state index contributed by atoms with van der Waals surface area (Å²) in [6.07, 6.45) is 5.02. The van der Waals surface area contributed by atoms with Crippen molar-refractivity contribution in [3.63, 3.8) is 0 Å². The third kappa shape index (κ3) is 5.95. The Hall–Kier alpha value is -2.65. The molecule has 1 saturated heterocycles. The van der Waals surface area contributed by atoms with Crippen molar-refractivity contribution in [2.45, 2.75) is 49.9 Å². The van der Waals surface area contributed by atoms with E-state index in [1.165, 1.54) is 6.20 Å². The first-order chi connectivity index (χ1) is 14.9. The van der Waals surface area contributed by atoms with Crippen molar-refractivity contribution >= 4 is 15.9 Å². The smallest absolute Gasteiger partial charge is 0.317 e. The lowest BCUT2D eigenvalue weighted by atomic mass is 10.2. The van der Waals surface area contributed by atoms with Gasteiger partial charge in [-0.1, -0.05) is 36.4 Å². The molecular formula is C22H30N4O4S. The SMILES string of the molecule is C=CCn1c(CN(C[C@@H]2CCCO2)C(=O)NCC)cnc1S(=O)(=O)Cc1ccccc1. The number of aromatic nitrogens is 2. The number of nitrogens with zero attached hydrogens (tertiary/aromatic N) is 3. The Morgan fingerprint density at radius 1 is 1.39 bits per heavy atom. The van der Waals surface area contributed by atoms with Crippen molar-refractivity contribution in [3.8, 4) is 0 Å². The minimum absolute atomic E-state index is 0.0142. The van der Waals surface area contributed by atoms with E-state index in [9.17, 15) is 13.2 Å². The summed E-state index contributed by atoms with van der Waals surface area (Å²) in [4.78, 5) is 18.5. The number of carbonyl (C=O) groups is 1. The van der Waals surface area contributed by atoms with E-state index in [4.69, 9.17) is 4.74 Å². The molecule has 1 fully saturated rings. The van der Waals surface area contributed by atoms with Gasteiger partial charge in [0.1, 0.15) is 0 Å². The van der Waals surface area contributed by atoms with Gasteiger partial charge in [0.2, 0.25) is 15.0 Å². The third-order valence-corrected chi connectivity index (χ3v) is 6.70. The molecule has 1 aliphatic rings. The molecule has 2 amide bonds. The molecule has 0 bridgehead atoms. The largest absolute Gasteiger partial charge is 0.376 e. The van der Waals surface area contributed by atoms with Crippen molar-refractivity contribution in [1.82, 2.24) is 19.8 Å². The van der Waals surface area contributed by atoms with E-state index >= 15 is 0 Å². The monoisotopic (exact) mass is 446 g/mol. The minimum Gasteiger partial charge on any atom is -0.376 e. The van der Waals surface area contributed by atoms with Gasteiger partial charge in [0.05, 0.1) is 30.3 Å². The molecule has 1 aliphatic heterocycles. The number of nitrogens with one attached hydrogen (secondary N) is 1. The van der Waals surface area contributed by atoms with Crippen LogP contribution in [0.25, 0.3) is 0 Å². The number of amides is 2. The second-order valence-electron chi connectivity index (χ2n) is 7.53. The van der Waals surface area contributed by atoms with Gasteiger partial charge in [0.25, 0.3) is 0 Å². The first-order valence-electron chi connectivity index (χ1n) is 10.5. The average molecular weight is 447 g/mol. The molecule has 8 nitrogen and oxygen atoms in total. The fourth-order valence-corrected chi connectivity index (χ4v) is 5.16. The predicted octanol–water partition coefficient (Wildman–Crippen LogP) is 2.75. The predicted molar refractivity (Wildman–Crippen MR) is 118 cm³/mol. The molecule has 168 valence electrons. The van der Waals surface area contributed by atoms with E-state index in [0.29, 0.717) is 31.0 Å². The number of allylic oxidation sites excluding steroid dienone is 1. The van der Waals surface area contributed by atoms with Crippen molar-refractivity contribution in [1.29, 1.82) is 0 Å². The first kappa shape index (κ1) is 23.0. The number of sulfone groups is 1. The summed E-state index contributed by atoms with van der Waals surface area (Å²) in [6.45, 7) is 7.77. The molecule has 2 aromatic rings. The van der Waals surface area contributed by atoms with Crippen LogP contribution in [0.5, 0.6) is 0 Å². The number of urea groups is 1. The molecule has 9 heteroatoms. The van der Waals surface area contributed by atoms with E-state index in [-0.39, 0.29) is 36.1 Å². The van der Waals surface area contributed by atoms with Gasteiger partial charge in [0, 0.05) is 26.2 Å². The maximum Gasteiger partial charge on any atom is 0.317 e. The van der Waals surface area contributed by atoms with Gasteiger partial charge in [-0.2, -0.15) is 0 Å². The van der Waals surface area contributed by atoms with E-state index in [2.05, 4.69) is 16.9 Å². The highest BCUT2D eigenvalue weighted by atomic mass is 32.2. The van der Waals surface area contributed by atoms with Crippen LogP contribution in [0.3, 0.4) is 0 Å². The Balaban J connectivity index is 1.86. The molecule has 0 radical (unpaired) electrons. The zero-order chi connectivity index (χ0) is 22.3. The second-order valence-corrected chi connectivity index (χ2v) is 9.41. The Morgan fingerprint density at radius 3 is 2.81 bits per heavy atom. The highest BCUT2D eigenvalue weighted by Crippen LogP contribution is 2.20. The number of benzene rings is 1. The molecule has 31 heavy (non-hydrogen) atoms. The van der Waals surface area contributed by atoms with Gasteiger partial charge in [-0.3, -0.25) is 0 Å². The molecule has 1 aromatic carbocycles. The van der Waals surface area contributed by atoms with E-state index < -0.39 is 9.84 Å². The summed E-state index contributed by atoms with van der Waals surface area (Å²) < 4.78 is 33.5. The Morgan fingerprint density at radius 2 is 2.16 bits per heavy atom. The van der Waals surface area contributed by atoms with Crippen molar-refractivity contribution < 1.29 is 17.9 Å². The van der Waals surface area contributed by atoms with Crippen LogP contribution in [-0.2, 0) is 33.4 Å². The molecule has 0 unspecified atom stereocenters. The van der Waals surface area contributed by atoms with Gasteiger partial charge >= 0.3 is 6.03 Å². The molecule has 0 spiro atoms. The van der Waals surface area contributed by atoms with E-state index in [0.717, 1.165) is 12.8 Å². The van der Waals surface area contributed by atoms with Crippen LogP contribution >= 0.6 is 0 Å². The maximum absolute atomic E-state index is 13.1. The van der Waals surface area contributed by atoms with Gasteiger partial charge in [-0.05, 0) is 25.3 Å². The maximum atomic E-state index is 13.1. The molecular weight excluding hydrogens is 416 g/mol. The second kappa shape index (κ2) is 10.6. The number of imidazole rings is 1. The average Bonchev–Trinajstić information content (AvgIpc) is 3.39. The standard InChI is InChI=1S/C22H30N4O4S/c1-3-12-26-19(15-25(21(27)23-4-2)16-20-11-8-13-30-20)14-24-22(26)31(28,29)17-18-9-6-5-7-10-18/h3,5-7,9-10,14,20H,1,4,8,11-13,15-17H2,2H3,(H,23,27)/t20-/m0/s1. The quantitative estimate of drug-likeness (QED) is 0.567. The molecule has 3 rings (SSSR count). The van der Waals surface area contributed by atoms with E-state index in [1.807, 2.05) is 25.1 Å². The van der Waals surface area contributed by atoms with Crippen LogP contribution in [-0.4, -0.2) is 54.7 Å². The number of hydrogen-bond donors (Lipinski definition) is 1. The Labute approximate surface area is 183 Å². The van der Waals surface area contributed by atoms with Gasteiger partial charge in [-0.15, -0.1) is 6.58 Å². The lowest BCUT2D eigenvalue weighted by Gasteiger charge is -2.26. The zero-order valence-corrected chi connectivity index (χ0v) is 18.7. The molecule has 2 heterocycles. The summed E-state index contributed by atoms with van der Waals surface area (Å²) >= 11 is 0. The van der Waals surface area contributed by atoms with Gasteiger partial charge in [-0.25, -0.2) is 18.2 Å². The molecule has 0 saturated carbocycles. The number of carbonyl (C=O) groups excluding carboxylic acids is 1. The van der Waals surface area contributed by atoms with Crippen molar-refractivity contribution in [2.24, 2.45) is 0 Å². The lowest BCUT2D eigenvalue weighted by Crippen LogP contribution is -2.43. The molecule has 0 aliphatic carbocycles. The Bertz CT molecular complexity index is 982. The normalized spacial score (nSPS) is 16.2. The van der Waals surface area contributed by atoms with Crippen LogP contribution in [0.2, 0.25) is 0 Å². The van der Waals surface area contributed by atoms with Crippen molar-refractivity contribution in [3.05, 3.63) is 60.4 Å².